The molecule has 7 heteroatoms. The summed E-state index contributed by atoms with van der Waals surface area (Å²) in [4.78, 5) is 36.1. The number of imide groups is 1. The number of ether oxygens (including phenoxy) is 2. The normalized spacial score (nSPS) is 12.4. The molecule has 3 amide bonds. The van der Waals surface area contributed by atoms with Crippen LogP contribution in [0.4, 0.5) is 4.79 Å². The minimum Gasteiger partial charge on any atom is -0.479 e. The number of para-hydroxylation sites is 1. The average Bonchev–Trinajstić information content (AvgIpc) is 2.67. The lowest BCUT2D eigenvalue weighted by molar-refractivity contribution is -0.162. The lowest BCUT2D eigenvalue weighted by atomic mass is 10.1. The second-order valence-corrected chi connectivity index (χ2v) is 5.37. The van der Waals surface area contributed by atoms with E-state index in [0.717, 1.165) is 0 Å². The number of amides is 3. The third-order valence-electron chi connectivity index (χ3n) is 3.43. The van der Waals surface area contributed by atoms with Gasteiger partial charge in [0.2, 0.25) is 6.10 Å². The summed E-state index contributed by atoms with van der Waals surface area (Å²) in [5, 5.41) is 4.39. The quantitative estimate of drug-likeness (QED) is 0.774. The first-order valence-electron chi connectivity index (χ1n) is 8.01. The van der Waals surface area contributed by atoms with Gasteiger partial charge < -0.3 is 14.8 Å². The molecule has 2 aromatic rings. The molecular weight excluding hydrogens is 336 g/mol. The highest BCUT2D eigenvalue weighted by atomic mass is 16.6. The average molecular weight is 356 g/mol. The number of nitrogens with one attached hydrogen (secondary N) is 2. The topological polar surface area (TPSA) is 93.7 Å². The molecule has 0 aliphatic rings. The van der Waals surface area contributed by atoms with E-state index in [4.69, 9.17) is 9.47 Å². The number of carbonyl (C=O) groups excluding carboxylic acids is 3. The van der Waals surface area contributed by atoms with Crippen molar-refractivity contribution in [1.29, 1.82) is 0 Å². The van der Waals surface area contributed by atoms with E-state index in [-0.39, 0.29) is 0 Å². The number of urea groups is 1. The molecular formula is C19H20N2O5. The van der Waals surface area contributed by atoms with Gasteiger partial charge in [0.25, 0.3) is 5.91 Å². The van der Waals surface area contributed by atoms with Crippen molar-refractivity contribution in [2.24, 2.45) is 0 Å². The van der Waals surface area contributed by atoms with Crippen molar-refractivity contribution < 1.29 is 23.9 Å². The summed E-state index contributed by atoms with van der Waals surface area (Å²) in [6.07, 6.45) is -2.21. The van der Waals surface area contributed by atoms with Crippen molar-refractivity contribution in [2.45, 2.75) is 19.1 Å². The maximum Gasteiger partial charge on any atom is 0.348 e. The second-order valence-electron chi connectivity index (χ2n) is 5.37. The summed E-state index contributed by atoms with van der Waals surface area (Å²) in [7, 11) is 1.38. The van der Waals surface area contributed by atoms with Crippen LogP contribution >= 0.6 is 0 Å². The maximum absolute atomic E-state index is 12.4. The van der Waals surface area contributed by atoms with Gasteiger partial charge in [0.1, 0.15) is 5.75 Å². The molecule has 2 atom stereocenters. The molecule has 0 unspecified atom stereocenters. The van der Waals surface area contributed by atoms with Gasteiger partial charge in [-0.3, -0.25) is 10.1 Å². The van der Waals surface area contributed by atoms with Crippen LogP contribution in [-0.4, -0.2) is 31.1 Å². The van der Waals surface area contributed by atoms with Crippen LogP contribution in [0.2, 0.25) is 0 Å². The van der Waals surface area contributed by atoms with Crippen molar-refractivity contribution in [3.8, 4) is 5.75 Å². The molecule has 0 aliphatic carbocycles. The van der Waals surface area contributed by atoms with Crippen molar-refractivity contribution >= 4 is 17.9 Å². The second kappa shape index (κ2) is 9.22. The highest BCUT2D eigenvalue weighted by Crippen LogP contribution is 2.20. The van der Waals surface area contributed by atoms with Crippen LogP contribution in [-0.2, 0) is 14.3 Å². The first-order chi connectivity index (χ1) is 12.5. The smallest absolute Gasteiger partial charge is 0.348 e. The SMILES string of the molecule is CNC(=O)NC(=O)[C@@H](OC(=O)[C@H](C)Oc1ccccc1)c1ccccc1. The van der Waals surface area contributed by atoms with Gasteiger partial charge in [-0.25, -0.2) is 9.59 Å². The van der Waals surface area contributed by atoms with E-state index in [1.54, 1.807) is 54.6 Å². The number of esters is 1. The van der Waals surface area contributed by atoms with Crippen LogP contribution in [0.5, 0.6) is 5.75 Å². The standard InChI is InChI=1S/C19H20N2O5/c1-13(25-15-11-7-4-8-12-15)18(23)26-16(14-9-5-3-6-10-14)17(22)21-19(24)20-2/h3-13,16H,1-2H3,(H2,20,21,22,24)/t13-,16-/m0/s1. The Morgan fingerprint density at radius 1 is 0.923 bits per heavy atom. The summed E-state index contributed by atoms with van der Waals surface area (Å²) in [5.74, 6) is -0.978. The van der Waals surface area contributed by atoms with Gasteiger partial charge in [-0.2, -0.15) is 0 Å². The molecule has 0 fully saturated rings. The van der Waals surface area contributed by atoms with Crippen LogP contribution in [0.25, 0.3) is 0 Å². The Morgan fingerprint density at radius 2 is 1.50 bits per heavy atom. The molecule has 0 heterocycles. The van der Waals surface area contributed by atoms with Crippen LogP contribution in [0, 0.1) is 0 Å². The summed E-state index contributed by atoms with van der Waals surface area (Å²) in [5.41, 5.74) is 0.439. The predicted octanol–water partition coefficient (Wildman–Crippen LogP) is 2.19. The Hall–Kier alpha value is -3.35. The first kappa shape index (κ1) is 19.0. The van der Waals surface area contributed by atoms with Gasteiger partial charge in [-0.1, -0.05) is 48.5 Å². The molecule has 0 bridgehead atoms. The molecule has 26 heavy (non-hydrogen) atoms. The molecule has 0 aromatic heterocycles. The van der Waals surface area contributed by atoms with E-state index >= 15 is 0 Å². The lowest BCUT2D eigenvalue weighted by Crippen LogP contribution is -2.42. The van der Waals surface area contributed by atoms with E-state index in [0.29, 0.717) is 11.3 Å². The number of carbonyl (C=O) groups is 3. The zero-order valence-corrected chi connectivity index (χ0v) is 14.5. The minimum atomic E-state index is -1.28. The number of hydrogen-bond donors (Lipinski definition) is 2. The first-order valence-corrected chi connectivity index (χ1v) is 8.01. The molecule has 2 rings (SSSR count). The molecule has 0 saturated carbocycles. The Kier molecular flexibility index (Phi) is 6.73. The zero-order valence-electron chi connectivity index (χ0n) is 14.5. The molecule has 2 aromatic carbocycles. The largest absolute Gasteiger partial charge is 0.479 e. The van der Waals surface area contributed by atoms with E-state index in [1.165, 1.54) is 14.0 Å². The minimum absolute atomic E-state index is 0.439. The van der Waals surface area contributed by atoms with Crippen molar-refractivity contribution in [3.63, 3.8) is 0 Å². The van der Waals surface area contributed by atoms with Crippen LogP contribution in [0.15, 0.2) is 60.7 Å². The fourth-order valence-corrected chi connectivity index (χ4v) is 2.10. The fourth-order valence-electron chi connectivity index (χ4n) is 2.10. The van der Waals surface area contributed by atoms with Crippen molar-refractivity contribution in [2.75, 3.05) is 7.05 Å². The molecule has 136 valence electrons. The Balaban J connectivity index is 2.11. The van der Waals surface area contributed by atoms with Gasteiger partial charge >= 0.3 is 12.0 Å². The Morgan fingerprint density at radius 3 is 2.08 bits per heavy atom. The van der Waals surface area contributed by atoms with E-state index in [9.17, 15) is 14.4 Å². The third kappa shape index (κ3) is 5.34. The zero-order chi connectivity index (χ0) is 18.9. The maximum atomic E-state index is 12.4. The molecule has 0 radical (unpaired) electrons. The number of hydrogen-bond acceptors (Lipinski definition) is 5. The van der Waals surface area contributed by atoms with Crippen LogP contribution < -0.4 is 15.4 Å². The molecule has 7 nitrogen and oxygen atoms in total. The van der Waals surface area contributed by atoms with Crippen LogP contribution in [0.3, 0.4) is 0 Å². The summed E-state index contributed by atoms with van der Waals surface area (Å²) in [6.45, 7) is 1.52. The van der Waals surface area contributed by atoms with Gasteiger partial charge in [0.05, 0.1) is 0 Å². The molecule has 2 N–H and O–H groups in total. The summed E-state index contributed by atoms with van der Waals surface area (Å²) < 4.78 is 10.8. The molecule has 0 aliphatic heterocycles. The van der Waals surface area contributed by atoms with Gasteiger partial charge in [0.15, 0.2) is 6.10 Å². The third-order valence-corrected chi connectivity index (χ3v) is 3.43. The monoisotopic (exact) mass is 356 g/mol. The van der Waals surface area contributed by atoms with Crippen LogP contribution in [0.1, 0.15) is 18.6 Å². The van der Waals surface area contributed by atoms with Crippen molar-refractivity contribution in [3.05, 3.63) is 66.2 Å². The number of benzene rings is 2. The van der Waals surface area contributed by atoms with E-state index in [2.05, 4.69) is 10.6 Å². The number of rotatable bonds is 6. The highest BCUT2D eigenvalue weighted by molar-refractivity contribution is 5.97. The highest BCUT2D eigenvalue weighted by Gasteiger charge is 2.29. The lowest BCUT2D eigenvalue weighted by Gasteiger charge is -2.20. The Bertz CT molecular complexity index is 749. The predicted molar refractivity (Wildman–Crippen MR) is 94.4 cm³/mol. The van der Waals surface area contributed by atoms with E-state index in [1.807, 2.05) is 6.07 Å². The Labute approximate surface area is 151 Å². The van der Waals surface area contributed by atoms with Gasteiger partial charge in [0, 0.05) is 12.6 Å². The van der Waals surface area contributed by atoms with E-state index < -0.39 is 30.1 Å². The molecule has 0 saturated heterocycles. The van der Waals surface area contributed by atoms with Crippen molar-refractivity contribution in [1.82, 2.24) is 10.6 Å². The van der Waals surface area contributed by atoms with Gasteiger partial charge in [-0.15, -0.1) is 0 Å². The fraction of sp³-hybridized carbons (Fsp3) is 0.211. The van der Waals surface area contributed by atoms with Gasteiger partial charge in [-0.05, 0) is 19.1 Å². The summed E-state index contributed by atoms with van der Waals surface area (Å²) >= 11 is 0. The molecule has 0 spiro atoms. The summed E-state index contributed by atoms with van der Waals surface area (Å²) in [6, 6.07) is 16.5.